The third kappa shape index (κ3) is 9.42. The van der Waals surface area contributed by atoms with Crippen LogP contribution in [0.25, 0.3) is 11.1 Å². The first-order valence-corrected chi connectivity index (χ1v) is 13.5. The molecule has 1 aliphatic rings. The van der Waals surface area contributed by atoms with Crippen LogP contribution in [0.15, 0.2) is 54.9 Å². The Balaban J connectivity index is 0.000000242. The Labute approximate surface area is 229 Å². The molecule has 2 aromatic heterocycles. The Morgan fingerprint density at radius 1 is 1.00 bits per heavy atom. The van der Waals surface area contributed by atoms with E-state index in [1.54, 1.807) is 17.9 Å². The van der Waals surface area contributed by atoms with Crippen molar-refractivity contribution in [1.82, 2.24) is 14.5 Å². The Hall–Kier alpha value is -3.33. The number of piperidine rings is 1. The van der Waals surface area contributed by atoms with E-state index in [2.05, 4.69) is 29.2 Å². The predicted octanol–water partition coefficient (Wildman–Crippen LogP) is 6.52. The second-order valence-electron chi connectivity index (χ2n) is 9.82. The minimum absolute atomic E-state index is 0.263. The van der Waals surface area contributed by atoms with Gasteiger partial charge in [0.2, 0.25) is 5.91 Å². The minimum Gasteiger partial charge on any atom is -0.385 e. The van der Waals surface area contributed by atoms with E-state index < -0.39 is 11.7 Å². The first-order valence-electron chi connectivity index (χ1n) is 13.5. The number of methoxy groups -OCH3 is 1. The molecule has 6 nitrogen and oxygen atoms in total. The van der Waals surface area contributed by atoms with Crippen molar-refractivity contribution in [1.29, 1.82) is 0 Å². The lowest BCUT2D eigenvalue weighted by atomic mass is 10.0. The molecule has 4 rings (SSSR count). The van der Waals surface area contributed by atoms with Crippen LogP contribution in [0, 0.1) is 6.92 Å². The summed E-state index contributed by atoms with van der Waals surface area (Å²) in [5.74, 6) is 0.855. The molecule has 212 valence electrons. The molecular weight excluding hydrogens is 505 g/mol. The number of ether oxygens (including phenoxy) is 1. The molecule has 39 heavy (non-hydrogen) atoms. The molecule has 0 unspecified atom stereocenters. The molecular formula is C30H39F3N4O2. The lowest BCUT2D eigenvalue weighted by molar-refractivity contribution is -0.138. The molecule has 2 N–H and O–H groups in total. The van der Waals surface area contributed by atoms with E-state index in [-0.39, 0.29) is 5.69 Å². The maximum atomic E-state index is 12.4. The number of carbonyl (C=O) groups excluding carboxylic acids is 1. The van der Waals surface area contributed by atoms with E-state index in [1.807, 2.05) is 17.0 Å². The smallest absolute Gasteiger partial charge is 0.385 e. The number of aromatic nitrogens is 2. The lowest BCUT2D eigenvalue weighted by Crippen LogP contribution is -2.35. The van der Waals surface area contributed by atoms with Gasteiger partial charge in [0.05, 0.1) is 5.56 Å². The number of halogens is 3. The number of benzene rings is 1. The van der Waals surface area contributed by atoms with Crippen molar-refractivity contribution >= 4 is 11.7 Å². The summed E-state index contributed by atoms with van der Waals surface area (Å²) in [6.45, 7) is 4.48. The molecule has 9 heteroatoms. The number of anilines is 1. The van der Waals surface area contributed by atoms with Crippen molar-refractivity contribution in [3.8, 4) is 11.1 Å². The van der Waals surface area contributed by atoms with Gasteiger partial charge in [0.25, 0.3) is 0 Å². The molecule has 3 heterocycles. The highest BCUT2D eigenvalue weighted by molar-refractivity contribution is 5.76. The summed E-state index contributed by atoms with van der Waals surface area (Å²) in [6, 6.07) is 13.4. The number of nitrogens with two attached hydrogens (primary N) is 1. The summed E-state index contributed by atoms with van der Waals surface area (Å²) in [7, 11) is 1.57. The van der Waals surface area contributed by atoms with Crippen LogP contribution < -0.4 is 5.73 Å². The maximum absolute atomic E-state index is 12.4. The fraction of sp³-hybridized carbons (Fsp3) is 0.467. The Kier molecular flexibility index (Phi) is 11.4. The summed E-state index contributed by atoms with van der Waals surface area (Å²) >= 11 is 0. The van der Waals surface area contributed by atoms with Gasteiger partial charge in [-0.3, -0.25) is 4.79 Å². The average Bonchev–Trinajstić information content (AvgIpc) is 3.31. The van der Waals surface area contributed by atoms with Gasteiger partial charge in [0.1, 0.15) is 5.82 Å². The maximum Gasteiger partial charge on any atom is 0.418 e. The van der Waals surface area contributed by atoms with Gasteiger partial charge in [-0.05, 0) is 74.8 Å². The highest BCUT2D eigenvalue weighted by atomic mass is 19.4. The molecule has 1 fully saturated rings. The van der Waals surface area contributed by atoms with Crippen molar-refractivity contribution in [3.05, 3.63) is 71.7 Å². The SMILES string of the molecule is COCCCn1ccc(C(F)(F)F)c1C.Nc1ccc(-c2ccc(CCCC(=O)N3CCCCC3)cc2)cn1. The zero-order valence-corrected chi connectivity index (χ0v) is 22.8. The van der Waals surface area contributed by atoms with Crippen LogP contribution in [0.2, 0.25) is 0 Å². The normalized spacial score (nSPS) is 13.6. The van der Waals surface area contributed by atoms with Crippen LogP contribution in [-0.2, 0) is 28.7 Å². The minimum atomic E-state index is -4.25. The van der Waals surface area contributed by atoms with Crippen LogP contribution in [0.5, 0.6) is 0 Å². The van der Waals surface area contributed by atoms with E-state index in [1.165, 1.54) is 25.1 Å². The third-order valence-corrected chi connectivity index (χ3v) is 6.93. The molecule has 0 aliphatic carbocycles. The Morgan fingerprint density at radius 3 is 2.28 bits per heavy atom. The molecule has 0 atom stereocenters. The number of amides is 1. The van der Waals surface area contributed by atoms with Crippen LogP contribution in [-0.4, -0.2) is 47.2 Å². The quantitative estimate of drug-likeness (QED) is 0.312. The summed E-state index contributed by atoms with van der Waals surface area (Å²) in [5, 5.41) is 0. The Bertz CT molecular complexity index is 1150. The summed E-state index contributed by atoms with van der Waals surface area (Å²) in [6.07, 6.45) is 5.82. The summed E-state index contributed by atoms with van der Waals surface area (Å²) < 4.78 is 43.7. The molecule has 1 aromatic carbocycles. The van der Waals surface area contributed by atoms with E-state index in [4.69, 9.17) is 10.5 Å². The molecule has 0 bridgehead atoms. The molecule has 0 spiro atoms. The summed E-state index contributed by atoms with van der Waals surface area (Å²) in [5.41, 5.74) is 8.80. The first kappa shape index (κ1) is 30.2. The summed E-state index contributed by atoms with van der Waals surface area (Å²) in [4.78, 5) is 18.3. The monoisotopic (exact) mass is 544 g/mol. The molecule has 0 saturated carbocycles. The number of nitrogen functional groups attached to an aromatic ring is 1. The Morgan fingerprint density at radius 2 is 1.69 bits per heavy atom. The molecule has 1 aliphatic heterocycles. The highest BCUT2D eigenvalue weighted by Gasteiger charge is 2.33. The van der Waals surface area contributed by atoms with Gasteiger partial charge in [-0.15, -0.1) is 0 Å². The van der Waals surface area contributed by atoms with Gasteiger partial charge in [-0.25, -0.2) is 4.98 Å². The predicted molar refractivity (Wildman–Crippen MR) is 148 cm³/mol. The average molecular weight is 545 g/mol. The fourth-order valence-electron chi connectivity index (χ4n) is 4.66. The number of carbonyl (C=O) groups is 1. The molecule has 3 aromatic rings. The zero-order chi connectivity index (χ0) is 28.3. The number of likely N-dealkylation sites (tertiary alicyclic amines) is 1. The van der Waals surface area contributed by atoms with E-state index in [9.17, 15) is 18.0 Å². The van der Waals surface area contributed by atoms with E-state index in [0.717, 1.165) is 56.0 Å². The van der Waals surface area contributed by atoms with Gasteiger partial charge in [0, 0.05) is 63.4 Å². The van der Waals surface area contributed by atoms with Crippen LogP contribution in [0.3, 0.4) is 0 Å². The number of hydrogen-bond acceptors (Lipinski definition) is 4. The molecule has 1 amide bonds. The number of alkyl halides is 3. The van der Waals surface area contributed by atoms with E-state index in [0.29, 0.717) is 37.7 Å². The largest absolute Gasteiger partial charge is 0.418 e. The number of aryl methyl sites for hydroxylation is 2. The highest BCUT2D eigenvalue weighted by Crippen LogP contribution is 2.32. The topological polar surface area (TPSA) is 73.4 Å². The van der Waals surface area contributed by atoms with Gasteiger partial charge in [0.15, 0.2) is 0 Å². The molecule has 1 saturated heterocycles. The van der Waals surface area contributed by atoms with Gasteiger partial charge >= 0.3 is 6.18 Å². The van der Waals surface area contributed by atoms with Crippen molar-refractivity contribution in [3.63, 3.8) is 0 Å². The van der Waals surface area contributed by atoms with Crippen molar-refractivity contribution in [2.24, 2.45) is 0 Å². The van der Waals surface area contributed by atoms with Crippen molar-refractivity contribution in [2.45, 2.75) is 64.6 Å². The fourth-order valence-corrected chi connectivity index (χ4v) is 4.66. The van der Waals surface area contributed by atoms with Crippen LogP contribution >= 0.6 is 0 Å². The van der Waals surface area contributed by atoms with Gasteiger partial charge in [-0.2, -0.15) is 13.2 Å². The number of hydrogen-bond donors (Lipinski definition) is 1. The second-order valence-corrected chi connectivity index (χ2v) is 9.82. The molecule has 0 radical (unpaired) electrons. The zero-order valence-electron chi connectivity index (χ0n) is 22.8. The van der Waals surface area contributed by atoms with Gasteiger partial charge < -0.3 is 19.9 Å². The first-order chi connectivity index (χ1) is 18.7. The van der Waals surface area contributed by atoms with Gasteiger partial charge in [-0.1, -0.05) is 24.3 Å². The van der Waals surface area contributed by atoms with Crippen molar-refractivity contribution in [2.75, 3.05) is 32.5 Å². The van der Waals surface area contributed by atoms with E-state index >= 15 is 0 Å². The second kappa shape index (κ2) is 14.7. The van der Waals surface area contributed by atoms with Crippen LogP contribution in [0.1, 0.15) is 55.3 Å². The number of rotatable bonds is 9. The lowest BCUT2D eigenvalue weighted by Gasteiger charge is -2.26. The standard InChI is InChI=1S/C20H25N3O.C10H14F3NO/c21-19-12-11-18(15-22-19)17-9-7-16(8-10-17)5-4-6-20(24)23-13-2-1-3-14-23;1-8-9(10(11,12)13)4-6-14(8)5-3-7-15-2/h7-12,15H,1-6,13-14H2,(H2,21,22);4,6H,3,5,7H2,1-2H3. The number of nitrogens with zero attached hydrogens (tertiary/aromatic N) is 3. The van der Waals surface area contributed by atoms with Crippen LogP contribution in [0.4, 0.5) is 19.0 Å². The third-order valence-electron chi connectivity index (χ3n) is 6.93. The number of pyridine rings is 1. The van der Waals surface area contributed by atoms with Crippen molar-refractivity contribution < 1.29 is 22.7 Å².